The third-order valence-electron chi connectivity index (χ3n) is 2.03. The summed E-state index contributed by atoms with van der Waals surface area (Å²) in [6, 6.07) is 7.65. The van der Waals surface area contributed by atoms with E-state index < -0.39 is 5.92 Å². The van der Waals surface area contributed by atoms with E-state index in [4.69, 9.17) is 5.73 Å². The fraction of sp³-hybridized carbons (Fsp3) is 0.273. The fourth-order valence-electron chi connectivity index (χ4n) is 1.18. The lowest BCUT2D eigenvalue weighted by atomic mass is 9.99. The van der Waals surface area contributed by atoms with Gasteiger partial charge in [-0.15, -0.1) is 0 Å². The summed E-state index contributed by atoms with van der Waals surface area (Å²) in [7, 11) is 0. The van der Waals surface area contributed by atoms with Gasteiger partial charge in [-0.25, -0.2) is 0 Å². The minimum Gasteiger partial charge on any atom is -0.330 e. The predicted octanol–water partition coefficient (Wildman–Crippen LogP) is 2.68. The second kappa shape index (κ2) is 4.33. The fourth-order valence-corrected chi connectivity index (χ4v) is 1.18. The van der Waals surface area contributed by atoms with Gasteiger partial charge in [-0.05, 0) is 18.5 Å². The molecule has 0 atom stereocenters. The molecule has 0 unspecified atom stereocenters. The van der Waals surface area contributed by atoms with Gasteiger partial charge in [0.25, 0.3) is 5.92 Å². The molecule has 0 aliphatic heterocycles. The molecular weight excluding hydrogens is 184 g/mol. The molecule has 0 spiro atoms. The lowest BCUT2D eigenvalue weighted by Crippen LogP contribution is -2.18. The van der Waals surface area contributed by atoms with E-state index >= 15 is 0 Å². The van der Waals surface area contributed by atoms with Gasteiger partial charge in [0.15, 0.2) is 0 Å². The Kier molecular flexibility index (Phi) is 3.36. The highest BCUT2D eigenvalue weighted by atomic mass is 19.3. The van der Waals surface area contributed by atoms with Crippen molar-refractivity contribution >= 4 is 0 Å². The molecule has 14 heavy (non-hydrogen) atoms. The third-order valence-corrected chi connectivity index (χ3v) is 2.03. The molecule has 1 nitrogen and oxygen atoms in total. The topological polar surface area (TPSA) is 26.0 Å². The average molecular weight is 197 g/mol. The first-order chi connectivity index (χ1) is 6.59. The Balaban J connectivity index is 2.90. The van der Waals surface area contributed by atoms with Gasteiger partial charge in [0, 0.05) is 5.56 Å². The SMILES string of the molecule is C=C(CCN)C(F)(F)c1ccccc1. The maximum atomic E-state index is 13.6. The Hall–Kier alpha value is -1.22. The van der Waals surface area contributed by atoms with E-state index in [0.29, 0.717) is 0 Å². The standard InChI is InChI=1S/C11H13F2N/c1-9(7-8-14)11(12,13)10-5-3-2-4-6-10/h2-6H,1,7-8,14H2. The Labute approximate surface area is 82.2 Å². The molecule has 1 aromatic carbocycles. The van der Waals surface area contributed by atoms with Crippen LogP contribution in [0.25, 0.3) is 0 Å². The summed E-state index contributed by atoms with van der Waals surface area (Å²) < 4.78 is 27.2. The predicted molar refractivity (Wildman–Crippen MR) is 53.1 cm³/mol. The van der Waals surface area contributed by atoms with Crippen molar-refractivity contribution in [2.45, 2.75) is 12.3 Å². The van der Waals surface area contributed by atoms with Gasteiger partial charge in [-0.1, -0.05) is 36.9 Å². The molecule has 0 bridgehead atoms. The van der Waals surface area contributed by atoms with Crippen molar-refractivity contribution in [1.29, 1.82) is 0 Å². The smallest absolute Gasteiger partial charge is 0.294 e. The molecule has 1 aromatic rings. The molecule has 3 heteroatoms. The number of hydrogen-bond acceptors (Lipinski definition) is 1. The summed E-state index contributed by atoms with van der Waals surface area (Å²) in [5.74, 6) is -2.97. The number of benzene rings is 1. The van der Waals surface area contributed by atoms with Crippen LogP contribution in [0.4, 0.5) is 8.78 Å². The van der Waals surface area contributed by atoms with Crippen molar-refractivity contribution in [3.8, 4) is 0 Å². The number of rotatable bonds is 4. The molecule has 2 N–H and O–H groups in total. The van der Waals surface area contributed by atoms with Crippen molar-refractivity contribution in [3.05, 3.63) is 48.0 Å². The quantitative estimate of drug-likeness (QED) is 0.738. The molecule has 0 aliphatic carbocycles. The van der Waals surface area contributed by atoms with E-state index in [1.165, 1.54) is 12.1 Å². The molecule has 0 heterocycles. The van der Waals surface area contributed by atoms with Crippen LogP contribution < -0.4 is 5.73 Å². The number of halogens is 2. The first kappa shape index (κ1) is 10.9. The summed E-state index contributed by atoms with van der Waals surface area (Å²) in [6.45, 7) is 3.56. The minimum atomic E-state index is -2.97. The van der Waals surface area contributed by atoms with Crippen molar-refractivity contribution in [3.63, 3.8) is 0 Å². The molecule has 0 amide bonds. The minimum absolute atomic E-state index is 0.0292. The molecule has 0 fully saturated rings. The largest absolute Gasteiger partial charge is 0.330 e. The zero-order chi connectivity index (χ0) is 10.6. The Bertz CT molecular complexity index is 306. The molecule has 76 valence electrons. The van der Waals surface area contributed by atoms with E-state index in [-0.39, 0.29) is 24.1 Å². The molecule has 0 saturated heterocycles. The van der Waals surface area contributed by atoms with E-state index in [2.05, 4.69) is 6.58 Å². The third kappa shape index (κ3) is 2.17. The molecule has 0 aromatic heterocycles. The summed E-state index contributed by atoms with van der Waals surface area (Å²) in [6.07, 6.45) is 0.141. The lowest BCUT2D eigenvalue weighted by Gasteiger charge is -2.18. The molecule has 0 radical (unpaired) electrons. The first-order valence-electron chi connectivity index (χ1n) is 4.40. The van der Waals surface area contributed by atoms with E-state index in [0.717, 1.165) is 0 Å². The van der Waals surface area contributed by atoms with Crippen LogP contribution in [0.1, 0.15) is 12.0 Å². The van der Waals surface area contributed by atoms with Crippen LogP contribution in [-0.4, -0.2) is 6.54 Å². The molecular formula is C11H13F2N. The van der Waals surface area contributed by atoms with Crippen LogP contribution in [0, 0.1) is 0 Å². The van der Waals surface area contributed by atoms with Gasteiger partial charge in [-0.2, -0.15) is 8.78 Å². The van der Waals surface area contributed by atoms with Crippen molar-refractivity contribution in [2.24, 2.45) is 5.73 Å². The van der Waals surface area contributed by atoms with Crippen molar-refractivity contribution in [2.75, 3.05) is 6.54 Å². The molecule has 1 rings (SSSR count). The van der Waals surface area contributed by atoms with Crippen LogP contribution in [0.15, 0.2) is 42.5 Å². The summed E-state index contributed by atoms with van der Waals surface area (Å²) in [5.41, 5.74) is 5.05. The summed E-state index contributed by atoms with van der Waals surface area (Å²) in [5, 5.41) is 0. The second-order valence-corrected chi connectivity index (χ2v) is 3.08. The summed E-state index contributed by atoms with van der Waals surface area (Å²) in [4.78, 5) is 0. The molecule has 0 aliphatic rings. The number of alkyl halides is 2. The van der Waals surface area contributed by atoms with Gasteiger partial charge < -0.3 is 5.73 Å². The summed E-state index contributed by atoms with van der Waals surface area (Å²) >= 11 is 0. The maximum absolute atomic E-state index is 13.6. The van der Waals surface area contributed by atoms with Crippen molar-refractivity contribution in [1.82, 2.24) is 0 Å². The zero-order valence-corrected chi connectivity index (χ0v) is 7.84. The van der Waals surface area contributed by atoms with Gasteiger partial charge in [0.2, 0.25) is 0 Å². The highest BCUT2D eigenvalue weighted by Crippen LogP contribution is 2.35. The van der Waals surface area contributed by atoms with Crippen LogP contribution in [-0.2, 0) is 5.92 Å². The van der Waals surface area contributed by atoms with Crippen LogP contribution >= 0.6 is 0 Å². The Morgan fingerprint density at radius 1 is 1.29 bits per heavy atom. The van der Waals surface area contributed by atoms with Gasteiger partial charge in [-0.3, -0.25) is 0 Å². The van der Waals surface area contributed by atoms with E-state index in [9.17, 15) is 8.78 Å². The second-order valence-electron chi connectivity index (χ2n) is 3.08. The zero-order valence-electron chi connectivity index (χ0n) is 7.84. The van der Waals surface area contributed by atoms with Crippen LogP contribution in [0.3, 0.4) is 0 Å². The maximum Gasteiger partial charge on any atom is 0.294 e. The van der Waals surface area contributed by atoms with Crippen LogP contribution in [0.5, 0.6) is 0 Å². The van der Waals surface area contributed by atoms with E-state index in [1.807, 2.05) is 0 Å². The average Bonchev–Trinajstić information content (AvgIpc) is 2.19. The van der Waals surface area contributed by atoms with Gasteiger partial charge in [0.05, 0.1) is 0 Å². The Morgan fingerprint density at radius 2 is 1.86 bits per heavy atom. The van der Waals surface area contributed by atoms with E-state index in [1.54, 1.807) is 18.2 Å². The number of nitrogens with two attached hydrogens (primary N) is 1. The monoisotopic (exact) mass is 197 g/mol. The van der Waals surface area contributed by atoms with Gasteiger partial charge >= 0.3 is 0 Å². The normalized spacial score (nSPS) is 11.4. The first-order valence-corrected chi connectivity index (χ1v) is 4.40. The van der Waals surface area contributed by atoms with Gasteiger partial charge in [0.1, 0.15) is 0 Å². The highest BCUT2D eigenvalue weighted by Gasteiger charge is 2.33. The number of hydrogen-bond donors (Lipinski definition) is 1. The highest BCUT2D eigenvalue weighted by molar-refractivity contribution is 5.28. The van der Waals surface area contributed by atoms with Crippen LogP contribution in [0.2, 0.25) is 0 Å². The van der Waals surface area contributed by atoms with Crippen molar-refractivity contribution < 1.29 is 8.78 Å². The lowest BCUT2D eigenvalue weighted by molar-refractivity contribution is 0.0351. The Morgan fingerprint density at radius 3 is 2.36 bits per heavy atom. The molecule has 0 saturated carbocycles.